The Labute approximate surface area is 184 Å². The summed E-state index contributed by atoms with van der Waals surface area (Å²) in [6.45, 7) is 3.80. The highest BCUT2D eigenvalue weighted by atomic mass is 16.5. The fourth-order valence-electron chi connectivity index (χ4n) is 4.39. The second-order valence-corrected chi connectivity index (χ2v) is 8.33. The van der Waals surface area contributed by atoms with Crippen molar-refractivity contribution in [1.29, 1.82) is 0 Å². The van der Waals surface area contributed by atoms with Crippen LogP contribution >= 0.6 is 0 Å². The van der Waals surface area contributed by atoms with Crippen LogP contribution in [0.25, 0.3) is 11.2 Å². The van der Waals surface area contributed by atoms with Crippen molar-refractivity contribution in [2.24, 2.45) is 13.0 Å². The molecule has 0 saturated carbocycles. The highest BCUT2D eigenvalue weighted by Crippen LogP contribution is 2.33. The Morgan fingerprint density at radius 2 is 1.75 bits per heavy atom. The van der Waals surface area contributed by atoms with Crippen LogP contribution in [0.2, 0.25) is 0 Å². The number of anilines is 2. The lowest BCUT2D eigenvalue weighted by Crippen LogP contribution is -2.40. The topological polar surface area (TPSA) is 74.3 Å². The third kappa shape index (κ3) is 3.19. The van der Waals surface area contributed by atoms with Crippen molar-refractivity contribution < 1.29 is 4.74 Å². The van der Waals surface area contributed by atoms with Crippen LogP contribution in [0.5, 0.6) is 5.75 Å². The van der Waals surface area contributed by atoms with Gasteiger partial charge in [-0.1, -0.05) is 37.3 Å². The number of ether oxygens (including phenoxy) is 1. The van der Waals surface area contributed by atoms with Crippen LogP contribution in [0.4, 0.5) is 11.6 Å². The molecule has 4 aromatic rings. The zero-order valence-corrected chi connectivity index (χ0v) is 18.4. The van der Waals surface area contributed by atoms with Gasteiger partial charge in [0.25, 0.3) is 5.56 Å². The van der Waals surface area contributed by atoms with Gasteiger partial charge in [-0.2, -0.15) is 4.98 Å². The third-order valence-corrected chi connectivity index (χ3v) is 6.01. The van der Waals surface area contributed by atoms with Crippen LogP contribution in [-0.4, -0.2) is 32.3 Å². The first kappa shape index (κ1) is 20.1. The molecule has 5 rings (SSSR count). The van der Waals surface area contributed by atoms with Gasteiger partial charge in [0.15, 0.2) is 11.2 Å². The van der Waals surface area contributed by atoms with Gasteiger partial charge < -0.3 is 14.2 Å². The molecule has 1 aliphatic rings. The number of benzene rings is 2. The quantitative estimate of drug-likeness (QED) is 0.497. The van der Waals surface area contributed by atoms with E-state index in [1.165, 1.54) is 9.13 Å². The van der Waals surface area contributed by atoms with E-state index >= 15 is 0 Å². The Morgan fingerprint density at radius 3 is 2.44 bits per heavy atom. The van der Waals surface area contributed by atoms with E-state index in [1.54, 1.807) is 14.2 Å². The molecule has 0 aliphatic carbocycles. The monoisotopic (exact) mass is 431 g/mol. The molecule has 8 heteroatoms. The molecule has 0 saturated heterocycles. The van der Waals surface area contributed by atoms with E-state index in [-0.39, 0.29) is 17.8 Å². The molecule has 8 nitrogen and oxygen atoms in total. The summed E-state index contributed by atoms with van der Waals surface area (Å²) in [6, 6.07) is 17.3. The van der Waals surface area contributed by atoms with E-state index in [9.17, 15) is 9.59 Å². The van der Waals surface area contributed by atoms with Crippen molar-refractivity contribution in [2.45, 2.75) is 20.0 Å². The van der Waals surface area contributed by atoms with Gasteiger partial charge >= 0.3 is 5.69 Å². The van der Waals surface area contributed by atoms with Crippen molar-refractivity contribution in [2.75, 3.05) is 18.6 Å². The highest BCUT2D eigenvalue weighted by Gasteiger charge is 2.29. The summed E-state index contributed by atoms with van der Waals surface area (Å²) in [6.07, 6.45) is 0. The molecule has 0 amide bonds. The van der Waals surface area contributed by atoms with E-state index in [0.29, 0.717) is 29.6 Å². The Hall–Kier alpha value is -3.81. The molecule has 0 N–H and O–H groups in total. The maximum atomic E-state index is 13.5. The minimum atomic E-state index is -0.370. The molecule has 0 unspecified atom stereocenters. The van der Waals surface area contributed by atoms with E-state index in [4.69, 9.17) is 9.72 Å². The first-order chi connectivity index (χ1) is 15.5. The summed E-state index contributed by atoms with van der Waals surface area (Å²) in [7, 11) is 3.31. The van der Waals surface area contributed by atoms with E-state index in [1.807, 2.05) is 59.2 Å². The molecular formula is C24H25N5O3. The van der Waals surface area contributed by atoms with Crippen molar-refractivity contribution >= 4 is 22.8 Å². The summed E-state index contributed by atoms with van der Waals surface area (Å²) >= 11 is 0. The number of aromatic nitrogens is 4. The van der Waals surface area contributed by atoms with Gasteiger partial charge in [-0.05, 0) is 35.7 Å². The first-order valence-electron chi connectivity index (χ1n) is 10.6. The second kappa shape index (κ2) is 7.71. The molecule has 2 aromatic heterocycles. The van der Waals surface area contributed by atoms with Crippen molar-refractivity contribution in [3.05, 3.63) is 81.0 Å². The van der Waals surface area contributed by atoms with Crippen LogP contribution in [0.1, 0.15) is 12.5 Å². The summed E-state index contributed by atoms with van der Waals surface area (Å²) in [5.41, 5.74) is 2.05. The fraction of sp³-hybridized carbons (Fsp3) is 0.292. The average Bonchev–Trinajstić information content (AvgIpc) is 3.20. The zero-order chi connectivity index (χ0) is 22.4. The standard InChI is InChI=1S/C24H25N5O3/c1-16-13-27(18-9-11-19(32-3)12-10-18)23-25-21-20(28(23)14-16)22(30)29(24(31)26(21)2)15-17-7-5-4-6-8-17/h4-12,16H,13-15H2,1-3H3/t16-/m0/s1. The molecule has 0 spiro atoms. The van der Waals surface area contributed by atoms with Gasteiger partial charge in [0.05, 0.1) is 13.7 Å². The Balaban J connectivity index is 1.70. The van der Waals surface area contributed by atoms with Crippen molar-refractivity contribution in [1.82, 2.24) is 18.7 Å². The number of methoxy groups -OCH3 is 1. The zero-order valence-electron chi connectivity index (χ0n) is 18.4. The molecule has 164 valence electrons. The van der Waals surface area contributed by atoms with E-state index in [2.05, 4.69) is 11.8 Å². The highest BCUT2D eigenvalue weighted by molar-refractivity contribution is 5.77. The number of fused-ring (bicyclic) bond motifs is 3. The first-order valence-corrected chi connectivity index (χ1v) is 10.6. The predicted molar refractivity (Wildman–Crippen MR) is 124 cm³/mol. The Bertz CT molecular complexity index is 1400. The van der Waals surface area contributed by atoms with Gasteiger partial charge in [0.2, 0.25) is 5.95 Å². The van der Waals surface area contributed by atoms with Crippen LogP contribution in [0.3, 0.4) is 0 Å². The third-order valence-electron chi connectivity index (χ3n) is 6.01. The largest absolute Gasteiger partial charge is 0.497 e. The molecule has 1 aliphatic heterocycles. The number of hydrogen-bond donors (Lipinski definition) is 0. The molecule has 0 bridgehead atoms. The minimum Gasteiger partial charge on any atom is -0.497 e. The number of rotatable bonds is 4. The van der Waals surface area contributed by atoms with Gasteiger partial charge in [-0.25, -0.2) is 4.79 Å². The number of imidazole rings is 1. The number of hydrogen-bond acceptors (Lipinski definition) is 5. The van der Waals surface area contributed by atoms with Crippen molar-refractivity contribution in [3.63, 3.8) is 0 Å². The minimum absolute atomic E-state index is 0.223. The van der Waals surface area contributed by atoms with Crippen LogP contribution in [0.15, 0.2) is 64.2 Å². The molecule has 2 aromatic carbocycles. The van der Waals surface area contributed by atoms with E-state index < -0.39 is 0 Å². The number of aryl methyl sites for hydroxylation is 1. The molecule has 3 heterocycles. The van der Waals surface area contributed by atoms with Crippen LogP contribution in [0, 0.1) is 5.92 Å². The molecular weight excluding hydrogens is 406 g/mol. The Morgan fingerprint density at radius 1 is 1.03 bits per heavy atom. The van der Waals surface area contributed by atoms with E-state index in [0.717, 1.165) is 23.5 Å². The SMILES string of the molecule is COc1ccc(N2C[C@H](C)Cn3c2nc2c3c(=O)n(Cc3ccccc3)c(=O)n2C)cc1. The normalized spacial score (nSPS) is 15.7. The maximum absolute atomic E-state index is 13.5. The van der Waals surface area contributed by atoms with Crippen LogP contribution < -0.4 is 20.9 Å². The molecule has 0 radical (unpaired) electrons. The lowest BCUT2D eigenvalue weighted by molar-refractivity contribution is 0.414. The van der Waals surface area contributed by atoms with Gasteiger partial charge in [-0.15, -0.1) is 0 Å². The summed E-state index contributed by atoms with van der Waals surface area (Å²) < 4.78 is 10.0. The molecule has 0 fully saturated rings. The lowest BCUT2D eigenvalue weighted by Gasteiger charge is -2.33. The maximum Gasteiger partial charge on any atom is 0.332 e. The summed E-state index contributed by atoms with van der Waals surface area (Å²) in [5.74, 6) is 1.74. The lowest BCUT2D eigenvalue weighted by atomic mass is 10.1. The summed E-state index contributed by atoms with van der Waals surface area (Å²) in [4.78, 5) is 33.4. The molecule has 32 heavy (non-hydrogen) atoms. The predicted octanol–water partition coefficient (Wildman–Crippen LogP) is 2.74. The van der Waals surface area contributed by atoms with Crippen LogP contribution in [-0.2, 0) is 20.1 Å². The van der Waals surface area contributed by atoms with Gasteiger partial charge in [0, 0.05) is 25.8 Å². The second-order valence-electron chi connectivity index (χ2n) is 8.33. The van der Waals surface area contributed by atoms with Crippen molar-refractivity contribution in [3.8, 4) is 5.75 Å². The Kier molecular flexibility index (Phi) is 4.84. The summed E-state index contributed by atoms with van der Waals surface area (Å²) in [5, 5.41) is 0. The smallest absolute Gasteiger partial charge is 0.332 e. The number of nitrogens with zero attached hydrogens (tertiary/aromatic N) is 5. The molecule has 1 atom stereocenters. The van der Waals surface area contributed by atoms with Gasteiger partial charge in [-0.3, -0.25) is 13.9 Å². The average molecular weight is 431 g/mol. The fourth-order valence-corrected chi connectivity index (χ4v) is 4.39. The van der Waals surface area contributed by atoms with Gasteiger partial charge in [0.1, 0.15) is 5.75 Å².